The summed E-state index contributed by atoms with van der Waals surface area (Å²) in [6.45, 7) is -0.0711. The van der Waals surface area contributed by atoms with Crippen molar-refractivity contribution in [1.29, 1.82) is 0 Å². The molecule has 3 aliphatic rings. The van der Waals surface area contributed by atoms with Crippen LogP contribution >= 0.6 is 11.6 Å². The maximum Gasteiger partial charge on any atom is 0.335 e. The van der Waals surface area contributed by atoms with E-state index in [1.165, 1.54) is 36.4 Å². The molecule has 11 heteroatoms. The monoisotopic (exact) mass is 508 g/mol. The van der Waals surface area contributed by atoms with Crippen molar-refractivity contribution in [2.24, 2.45) is 0 Å². The van der Waals surface area contributed by atoms with Gasteiger partial charge in [-0.05, 0) is 47.9 Å². The fourth-order valence-electron chi connectivity index (χ4n) is 4.92. The number of aliphatic carboxylic acids is 1. The van der Waals surface area contributed by atoms with Gasteiger partial charge in [-0.1, -0.05) is 23.8 Å². The highest BCUT2D eigenvalue weighted by atomic mass is 35.5. The summed E-state index contributed by atoms with van der Waals surface area (Å²) in [5.74, 6) is -6.82. The van der Waals surface area contributed by atoms with Crippen LogP contribution in [0.15, 0.2) is 42.5 Å². The quantitative estimate of drug-likeness (QED) is 0.447. The third-order valence-corrected chi connectivity index (χ3v) is 6.86. The number of benzene rings is 2. The molecule has 36 heavy (non-hydrogen) atoms. The van der Waals surface area contributed by atoms with Gasteiger partial charge in [0, 0.05) is 24.1 Å². The van der Waals surface area contributed by atoms with E-state index >= 15 is 0 Å². The van der Waals surface area contributed by atoms with Crippen LogP contribution in [0.4, 0.5) is 5.69 Å². The molecule has 2 unspecified atom stereocenters. The first-order valence-corrected chi connectivity index (χ1v) is 11.3. The summed E-state index contributed by atoms with van der Waals surface area (Å²) in [7, 11) is 0. The van der Waals surface area contributed by atoms with Gasteiger partial charge in [0.05, 0.1) is 28.1 Å². The Kier molecular flexibility index (Phi) is 5.48. The van der Waals surface area contributed by atoms with Crippen molar-refractivity contribution < 1.29 is 39.0 Å². The normalized spacial score (nSPS) is 20.0. The Balaban J connectivity index is 1.60. The Morgan fingerprint density at radius 1 is 0.861 bits per heavy atom. The van der Waals surface area contributed by atoms with E-state index in [2.05, 4.69) is 0 Å². The maximum atomic E-state index is 13.5. The third-order valence-electron chi connectivity index (χ3n) is 6.54. The molecule has 182 valence electrons. The lowest BCUT2D eigenvalue weighted by molar-refractivity contribution is -0.138. The van der Waals surface area contributed by atoms with Crippen molar-refractivity contribution >= 4 is 52.9 Å². The number of anilines is 1. The molecule has 0 fully saturated rings. The van der Waals surface area contributed by atoms with Gasteiger partial charge < -0.3 is 10.2 Å². The molecule has 0 aromatic heterocycles. The largest absolute Gasteiger partial charge is 0.481 e. The van der Waals surface area contributed by atoms with Crippen molar-refractivity contribution in [2.75, 3.05) is 11.4 Å². The van der Waals surface area contributed by atoms with E-state index in [-0.39, 0.29) is 57.9 Å². The van der Waals surface area contributed by atoms with Gasteiger partial charge in [-0.2, -0.15) is 0 Å². The summed E-state index contributed by atoms with van der Waals surface area (Å²) in [5, 5.41) is 18.2. The van der Waals surface area contributed by atoms with Crippen LogP contribution in [0.5, 0.6) is 0 Å². The lowest BCUT2D eigenvalue weighted by Crippen LogP contribution is -2.50. The number of halogens is 1. The smallest absolute Gasteiger partial charge is 0.335 e. The molecule has 5 rings (SSSR count). The molecule has 2 aromatic carbocycles. The Hall–Kier alpha value is -4.31. The average Bonchev–Trinajstić information content (AvgIpc) is 2.84. The average molecular weight is 509 g/mol. The summed E-state index contributed by atoms with van der Waals surface area (Å²) >= 11 is 6.23. The number of aromatic carboxylic acids is 1. The molecule has 0 spiro atoms. The van der Waals surface area contributed by atoms with Gasteiger partial charge in [-0.25, -0.2) is 9.69 Å². The zero-order chi connectivity index (χ0) is 25.9. The number of hydrogen-bond acceptors (Lipinski definition) is 6. The minimum absolute atomic E-state index is 0.00290. The molecule has 0 saturated heterocycles. The van der Waals surface area contributed by atoms with Crippen molar-refractivity contribution in [1.82, 2.24) is 4.90 Å². The summed E-state index contributed by atoms with van der Waals surface area (Å²) in [6, 6.07) is 6.49. The predicted molar refractivity (Wildman–Crippen MR) is 124 cm³/mol. The standard InChI is InChI=1S/C25H17ClN2O8/c26-16-8-3-11(25(35)36)10-17(16)28-23(33)14-6-4-12-19-13(5-7-15(20(14)19)24(28)34)22(32)27(21(12)31)9-1-2-18(29)30/h3-8,10,12,14H,1-2,9H2,(H,29,30)(H,35,36). The number of nitrogens with zero attached hydrogens (tertiary/aromatic N) is 2. The van der Waals surface area contributed by atoms with Crippen molar-refractivity contribution in [3.63, 3.8) is 0 Å². The summed E-state index contributed by atoms with van der Waals surface area (Å²) < 4.78 is 0. The zero-order valence-corrected chi connectivity index (χ0v) is 19.2. The lowest BCUT2D eigenvalue weighted by atomic mass is 9.72. The van der Waals surface area contributed by atoms with Crippen LogP contribution in [0, 0.1) is 0 Å². The van der Waals surface area contributed by atoms with Crippen LogP contribution in [0.25, 0.3) is 0 Å². The van der Waals surface area contributed by atoms with Crippen LogP contribution in [0.1, 0.15) is 66.9 Å². The first-order valence-electron chi connectivity index (χ1n) is 11.0. The Bertz CT molecular complexity index is 1450. The molecule has 0 radical (unpaired) electrons. The van der Waals surface area contributed by atoms with Gasteiger partial charge in [0.25, 0.3) is 11.8 Å². The first-order chi connectivity index (χ1) is 17.1. The molecular formula is C25H17ClN2O8. The first kappa shape index (κ1) is 23.4. The summed E-state index contributed by atoms with van der Waals surface area (Å²) in [5.41, 5.74) is 0.583. The van der Waals surface area contributed by atoms with E-state index in [0.717, 1.165) is 15.9 Å². The molecule has 2 aliphatic heterocycles. The Morgan fingerprint density at radius 3 is 2.08 bits per heavy atom. The highest BCUT2D eigenvalue weighted by Crippen LogP contribution is 2.46. The van der Waals surface area contributed by atoms with E-state index in [1.54, 1.807) is 0 Å². The van der Waals surface area contributed by atoms with E-state index in [9.17, 15) is 33.9 Å². The van der Waals surface area contributed by atoms with Gasteiger partial charge >= 0.3 is 11.9 Å². The number of carbonyl (C=O) groups excluding carboxylic acids is 4. The van der Waals surface area contributed by atoms with Crippen molar-refractivity contribution in [3.8, 4) is 0 Å². The van der Waals surface area contributed by atoms with E-state index in [4.69, 9.17) is 16.7 Å². The van der Waals surface area contributed by atoms with Gasteiger partial charge in [-0.3, -0.25) is 28.9 Å². The topological polar surface area (TPSA) is 149 Å². The molecule has 4 amide bonds. The number of hydrogen-bond donors (Lipinski definition) is 2. The molecule has 2 heterocycles. The zero-order valence-electron chi connectivity index (χ0n) is 18.4. The molecule has 1 aliphatic carbocycles. The number of carbonyl (C=O) groups is 6. The second kappa shape index (κ2) is 8.42. The third kappa shape index (κ3) is 3.41. The van der Waals surface area contributed by atoms with Crippen LogP contribution < -0.4 is 4.90 Å². The van der Waals surface area contributed by atoms with Crippen molar-refractivity contribution in [3.05, 3.63) is 75.3 Å². The van der Waals surface area contributed by atoms with E-state index in [0.29, 0.717) is 0 Å². The number of imide groups is 2. The fraction of sp³-hybridized carbons (Fsp3) is 0.200. The molecule has 10 nitrogen and oxygen atoms in total. The second-order valence-electron chi connectivity index (χ2n) is 8.57. The predicted octanol–water partition coefficient (Wildman–Crippen LogP) is 2.81. The van der Waals surface area contributed by atoms with Crippen LogP contribution in [-0.4, -0.2) is 57.2 Å². The Morgan fingerprint density at radius 2 is 1.47 bits per heavy atom. The molecular weight excluding hydrogens is 492 g/mol. The van der Waals surface area contributed by atoms with E-state index < -0.39 is 47.4 Å². The minimum Gasteiger partial charge on any atom is -0.481 e. The number of amides is 4. The lowest BCUT2D eigenvalue weighted by Gasteiger charge is -2.40. The van der Waals surface area contributed by atoms with Crippen LogP contribution in [-0.2, 0) is 14.4 Å². The highest BCUT2D eigenvalue weighted by molar-refractivity contribution is 6.37. The van der Waals surface area contributed by atoms with Crippen LogP contribution in [0.3, 0.4) is 0 Å². The van der Waals surface area contributed by atoms with Gasteiger partial charge in [0.15, 0.2) is 0 Å². The molecule has 0 bridgehead atoms. The SMILES string of the molecule is O=C(O)CCCN1C(=O)c2ccc3c4c2C(C=CC4C(=O)N(c2cc(C(=O)O)ccc2Cl)C3=O)C1=O. The van der Waals surface area contributed by atoms with Crippen molar-refractivity contribution in [2.45, 2.75) is 24.7 Å². The van der Waals surface area contributed by atoms with E-state index in [1.807, 2.05) is 0 Å². The fourth-order valence-corrected chi connectivity index (χ4v) is 5.13. The summed E-state index contributed by atoms with van der Waals surface area (Å²) in [6.07, 6.45) is 2.87. The van der Waals surface area contributed by atoms with Gasteiger partial charge in [0.2, 0.25) is 11.8 Å². The number of carboxylic acids is 2. The Labute approximate surface area is 208 Å². The van der Waals surface area contributed by atoms with Gasteiger partial charge in [0.1, 0.15) is 0 Å². The minimum atomic E-state index is -1.26. The summed E-state index contributed by atoms with van der Waals surface area (Å²) in [4.78, 5) is 77.4. The molecule has 0 saturated carbocycles. The number of rotatable bonds is 6. The second-order valence-corrected chi connectivity index (χ2v) is 8.98. The van der Waals surface area contributed by atoms with Gasteiger partial charge in [-0.15, -0.1) is 0 Å². The molecule has 2 aromatic rings. The van der Waals surface area contributed by atoms with Crippen LogP contribution in [0.2, 0.25) is 5.02 Å². The maximum absolute atomic E-state index is 13.5. The molecule has 2 atom stereocenters. The highest BCUT2D eigenvalue weighted by Gasteiger charge is 2.48. The number of carboxylic acid groups (broad SMARTS) is 2. The molecule has 2 N–H and O–H groups in total.